The minimum absolute atomic E-state index is 0.549. The van der Waals surface area contributed by atoms with Gasteiger partial charge in [-0.1, -0.05) is 0 Å². The van der Waals surface area contributed by atoms with E-state index in [0.29, 0.717) is 24.6 Å². The van der Waals surface area contributed by atoms with E-state index in [0.717, 1.165) is 22.6 Å². The topological polar surface area (TPSA) is 101 Å². The normalized spacial score (nSPS) is 11.6. The van der Waals surface area contributed by atoms with Gasteiger partial charge in [-0.3, -0.25) is 9.59 Å². The van der Waals surface area contributed by atoms with Gasteiger partial charge < -0.3 is 9.47 Å². The first-order valence-corrected chi connectivity index (χ1v) is 9.60. The molecule has 2 aromatic rings. The van der Waals surface area contributed by atoms with Crippen molar-refractivity contribution in [3.05, 3.63) is 59.7 Å². The van der Waals surface area contributed by atoms with Crippen LogP contribution in [-0.4, -0.2) is 36.5 Å². The van der Waals surface area contributed by atoms with E-state index in [1.165, 1.54) is 0 Å². The molecule has 0 unspecified atom stereocenters. The molecule has 0 heterocycles. The summed E-state index contributed by atoms with van der Waals surface area (Å²) in [4.78, 5) is 23.9. The summed E-state index contributed by atoms with van der Waals surface area (Å²) in [6, 6.07) is 14.5. The van der Waals surface area contributed by atoms with Crippen LogP contribution >= 0.6 is 0 Å². The van der Waals surface area contributed by atoms with Crippen molar-refractivity contribution in [1.29, 1.82) is 0 Å². The number of hydrogen-bond donors (Lipinski definition) is 2. The van der Waals surface area contributed by atoms with Crippen molar-refractivity contribution >= 4 is 23.2 Å². The zero-order chi connectivity index (χ0) is 21.9. The molecule has 0 aliphatic carbocycles. The molecule has 0 saturated heterocycles. The van der Waals surface area contributed by atoms with Gasteiger partial charge in [-0.2, -0.15) is 10.2 Å². The molecule has 0 spiro atoms. The van der Waals surface area contributed by atoms with Gasteiger partial charge in [0.05, 0.1) is 24.6 Å². The van der Waals surface area contributed by atoms with Crippen molar-refractivity contribution in [3.63, 3.8) is 0 Å². The minimum Gasteiger partial charge on any atom is -0.494 e. The van der Waals surface area contributed by atoms with Gasteiger partial charge in [-0.15, -0.1) is 0 Å². The van der Waals surface area contributed by atoms with E-state index in [1.54, 1.807) is 13.8 Å². The van der Waals surface area contributed by atoms with Crippen molar-refractivity contribution in [2.24, 2.45) is 10.2 Å². The predicted octanol–water partition coefficient (Wildman–Crippen LogP) is 2.86. The molecular formula is C22H26N4O4. The van der Waals surface area contributed by atoms with Crippen molar-refractivity contribution < 1.29 is 19.1 Å². The van der Waals surface area contributed by atoms with Gasteiger partial charge in [0.1, 0.15) is 11.5 Å². The zero-order valence-electron chi connectivity index (χ0n) is 17.6. The van der Waals surface area contributed by atoms with Crippen LogP contribution in [0.4, 0.5) is 0 Å². The smallest absolute Gasteiger partial charge is 0.331 e. The van der Waals surface area contributed by atoms with Crippen LogP contribution in [0.1, 0.15) is 38.8 Å². The average Bonchev–Trinajstić information content (AvgIpc) is 2.76. The minimum atomic E-state index is -0.913. The Morgan fingerprint density at radius 1 is 0.700 bits per heavy atom. The van der Waals surface area contributed by atoms with Crippen LogP contribution in [0.3, 0.4) is 0 Å². The monoisotopic (exact) mass is 410 g/mol. The maximum absolute atomic E-state index is 11.9. The Morgan fingerprint density at radius 2 is 1.03 bits per heavy atom. The molecule has 0 fully saturated rings. The van der Waals surface area contributed by atoms with Gasteiger partial charge in [-0.25, -0.2) is 10.9 Å². The van der Waals surface area contributed by atoms with Gasteiger partial charge in [0.15, 0.2) is 0 Å². The number of carbonyl (C=O) groups excluding carboxylic acids is 2. The van der Waals surface area contributed by atoms with E-state index >= 15 is 0 Å². The Bertz CT molecular complexity index is 842. The fraction of sp³-hybridized carbons (Fsp3) is 0.273. The molecule has 8 heteroatoms. The average molecular weight is 410 g/mol. The number of carbonyl (C=O) groups is 2. The zero-order valence-corrected chi connectivity index (χ0v) is 17.6. The molecular weight excluding hydrogens is 384 g/mol. The van der Waals surface area contributed by atoms with Crippen LogP contribution in [0.5, 0.6) is 11.5 Å². The molecule has 30 heavy (non-hydrogen) atoms. The van der Waals surface area contributed by atoms with Crippen LogP contribution in [0.25, 0.3) is 0 Å². The summed E-state index contributed by atoms with van der Waals surface area (Å²) in [6.45, 7) is 8.43. The largest absolute Gasteiger partial charge is 0.494 e. The maximum Gasteiger partial charge on any atom is 0.331 e. The van der Waals surface area contributed by atoms with E-state index in [2.05, 4.69) is 21.1 Å². The van der Waals surface area contributed by atoms with Crippen LogP contribution in [0.15, 0.2) is 58.7 Å². The summed E-state index contributed by atoms with van der Waals surface area (Å²) in [5, 5.41) is 7.91. The van der Waals surface area contributed by atoms with Crippen LogP contribution in [0, 0.1) is 0 Å². The fourth-order valence-corrected chi connectivity index (χ4v) is 2.42. The first-order chi connectivity index (χ1) is 14.4. The summed E-state index contributed by atoms with van der Waals surface area (Å²) in [6.07, 6.45) is 0. The highest BCUT2D eigenvalue weighted by molar-refractivity contribution is 6.35. The van der Waals surface area contributed by atoms with Crippen molar-refractivity contribution in [2.45, 2.75) is 27.7 Å². The number of nitrogens with zero attached hydrogens (tertiary/aromatic N) is 2. The second-order valence-electron chi connectivity index (χ2n) is 6.19. The standard InChI is InChI=1S/C22H26N4O4/c1-5-29-19-11-7-17(8-12-19)15(3)23-25-21(27)22(28)26-24-16(4)18-9-13-20(14-10-18)30-6-2/h7-14H,5-6H2,1-4H3,(H,25,27)(H,26,28)/b23-15+,24-16+. The van der Waals surface area contributed by atoms with Gasteiger partial charge in [0.25, 0.3) is 0 Å². The van der Waals surface area contributed by atoms with Gasteiger partial charge >= 0.3 is 11.8 Å². The lowest BCUT2D eigenvalue weighted by molar-refractivity contribution is -0.139. The van der Waals surface area contributed by atoms with E-state index in [-0.39, 0.29) is 0 Å². The van der Waals surface area contributed by atoms with Crippen molar-refractivity contribution in [2.75, 3.05) is 13.2 Å². The van der Waals surface area contributed by atoms with E-state index in [4.69, 9.17) is 9.47 Å². The quantitative estimate of drug-likeness (QED) is 0.397. The third kappa shape index (κ3) is 6.73. The molecule has 0 aliphatic heterocycles. The SMILES string of the molecule is CCOc1ccc(/C(C)=N/NC(=O)C(=O)N/N=C(\C)c2ccc(OCC)cc2)cc1. The highest BCUT2D eigenvalue weighted by atomic mass is 16.5. The highest BCUT2D eigenvalue weighted by Gasteiger charge is 2.12. The number of nitrogens with one attached hydrogen (secondary N) is 2. The number of ether oxygens (including phenoxy) is 2. The number of rotatable bonds is 8. The molecule has 2 N–H and O–H groups in total. The van der Waals surface area contributed by atoms with E-state index in [9.17, 15) is 9.59 Å². The van der Waals surface area contributed by atoms with Gasteiger partial charge in [-0.05, 0) is 87.4 Å². The lowest BCUT2D eigenvalue weighted by atomic mass is 10.1. The summed E-state index contributed by atoms with van der Waals surface area (Å²) < 4.78 is 10.8. The third-order valence-electron chi connectivity index (χ3n) is 4.02. The number of amides is 2. The van der Waals surface area contributed by atoms with Crippen molar-refractivity contribution in [3.8, 4) is 11.5 Å². The molecule has 2 aromatic carbocycles. The van der Waals surface area contributed by atoms with Crippen LogP contribution < -0.4 is 20.3 Å². The molecule has 2 rings (SSSR count). The summed E-state index contributed by atoms with van der Waals surface area (Å²) in [5.74, 6) is -0.330. The van der Waals surface area contributed by atoms with Gasteiger partial charge in [0.2, 0.25) is 0 Å². The Balaban J connectivity index is 1.91. The Hall–Kier alpha value is -3.68. The molecule has 0 atom stereocenters. The molecule has 8 nitrogen and oxygen atoms in total. The molecule has 158 valence electrons. The van der Waals surface area contributed by atoms with Gasteiger partial charge in [0, 0.05) is 0 Å². The fourth-order valence-electron chi connectivity index (χ4n) is 2.42. The lowest BCUT2D eigenvalue weighted by Crippen LogP contribution is -2.36. The first kappa shape index (κ1) is 22.6. The summed E-state index contributed by atoms with van der Waals surface area (Å²) in [5.41, 5.74) is 7.14. The van der Waals surface area contributed by atoms with Crippen LogP contribution in [0.2, 0.25) is 0 Å². The lowest BCUT2D eigenvalue weighted by Gasteiger charge is -2.06. The summed E-state index contributed by atoms with van der Waals surface area (Å²) >= 11 is 0. The van der Waals surface area contributed by atoms with E-state index in [1.807, 2.05) is 62.4 Å². The molecule has 0 bridgehead atoms. The summed E-state index contributed by atoms with van der Waals surface area (Å²) in [7, 11) is 0. The molecule has 0 aromatic heterocycles. The highest BCUT2D eigenvalue weighted by Crippen LogP contribution is 2.13. The first-order valence-electron chi connectivity index (χ1n) is 9.60. The maximum atomic E-state index is 11.9. The molecule has 0 aliphatic rings. The van der Waals surface area contributed by atoms with Crippen LogP contribution in [-0.2, 0) is 9.59 Å². The molecule has 0 radical (unpaired) electrons. The molecule has 0 saturated carbocycles. The van der Waals surface area contributed by atoms with E-state index < -0.39 is 11.8 Å². The number of hydrazone groups is 2. The Morgan fingerprint density at radius 3 is 1.33 bits per heavy atom. The third-order valence-corrected chi connectivity index (χ3v) is 4.02. The Kier molecular flexibility index (Phi) is 8.56. The second-order valence-corrected chi connectivity index (χ2v) is 6.19. The molecule has 2 amide bonds. The Labute approximate surface area is 176 Å². The van der Waals surface area contributed by atoms with Crippen molar-refractivity contribution in [1.82, 2.24) is 10.9 Å². The number of benzene rings is 2. The number of hydrogen-bond acceptors (Lipinski definition) is 6. The predicted molar refractivity (Wildman–Crippen MR) is 116 cm³/mol. The second kappa shape index (κ2) is 11.4.